The summed E-state index contributed by atoms with van der Waals surface area (Å²) in [5.74, 6) is -0.770. The zero-order valence-electron chi connectivity index (χ0n) is 21.1. The van der Waals surface area contributed by atoms with E-state index in [-0.39, 0.29) is 5.91 Å². The molecule has 0 spiro atoms. The highest BCUT2D eigenvalue weighted by Gasteiger charge is 2.35. The number of fused-ring (bicyclic) bond motifs is 1. The minimum Gasteiger partial charge on any atom is -0.325 e. The Morgan fingerprint density at radius 2 is 1.76 bits per heavy atom. The van der Waals surface area contributed by atoms with Crippen LogP contribution in [0.4, 0.5) is 17.1 Å². The topological polar surface area (TPSA) is 94.1 Å². The Kier molecular flexibility index (Phi) is 7.80. The quantitative estimate of drug-likeness (QED) is 0.415. The number of carbonyl (C=O) groups is 1. The van der Waals surface area contributed by atoms with Crippen LogP contribution in [0.2, 0.25) is 5.02 Å². The lowest BCUT2D eigenvalue weighted by molar-refractivity contribution is -0.115. The van der Waals surface area contributed by atoms with Crippen molar-refractivity contribution in [1.82, 2.24) is 10.2 Å². The van der Waals surface area contributed by atoms with E-state index in [1.165, 1.54) is 10.6 Å². The lowest BCUT2D eigenvalue weighted by Gasteiger charge is -2.30. The van der Waals surface area contributed by atoms with Crippen LogP contribution < -0.4 is 14.9 Å². The Morgan fingerprint density at radius 1 is 1.05 bits per heavy atom. The second kappa shape index (κ2) is 11.2. The standard InChI is InChI=1S/C28H30ClN5O3S/c1-38(36,37)34(18-17-33-15-13-30-14-16-33)23-10-8-22(9-11-23)31-27(20-5-3-2-4-6-20)26-24-12-7-21(29)19-25(24)32-28(26)35/h2-12,19,26,30H,13-18H2,1H3,(H,32,35). The third kappa shape index (κ3) is 5.91. The van der Waals surface area contributed by atoms with Crippen molar-refractivity contribution in [1.29, 1.82) is 0 Å². The number of hydrogen-bond donors (Lipinski definition) is 2. The molecule has 2 N–H and O–H groups in total. The number of rotatable bonds is 8. The highest BCUT2D eigenvalue weighted by molar-refractivity contribution is 7.92. The van der Waals surface area contributed by atoms with Gasteiger partial charge in [0.25, 0.3) is 0 Å². The van der Waals surface area contributed by atoms with Gasteiger partial charge in [-0.05, 0) is 47.5 Å². The first-order chi connectivity index (χ1) is 18.3. The molecule has 3 aromatic carbocycles. The summed E-state index contributed by atoms with van der Waals surface area (Å²) in [7, 11) is -3.46. The molecule has 38 heavy (non-hydrogen) atoms. The zero-order chi connectivity index (χ0) is 26.7. The SMILES string of the molecule is CS(=O)(=O)N(CCN1CCNCC1)c1ccc(N=C(c2ccccc2)C2C(=O)Nc3cc(Cl)ccc32)cc1. The summed E-state index contributed by atoms with van der Waals surface area (Å²) in [5, 5.41) is 6.78. The second-order valence-electron chi connectivity index (χ2n) is 9.46. The number of amides is 1. The first-order valence-corrected chi connectivity index (χ1v) is 14.8. The van der Waals surface area contributed by atoms with Crippen LogP contribution in [-0.2, 0) is 14.8 Å². The molecule has 0 aliphatic carbocycles. The number of sulfonamides is 1. The Bertz CT molecular complexity index is 1440. The predicted octanol–water partition coefficient (Wildman–Crippen LogP) is 3.87. The normalized spacial score (nSPS) is 18.2. The van der Waals surface area contributed by atoms with Gasteiger partial charge >= 0.3 is 0 Å². The molecule has 0 bridgehead atoms. The fourth-order valence-corrected chi connectivity index (χ4v) is 5.99. The van der Waals surface area contributed by atoms with E-state index in [2.05, 4.69) is 15.5 Å². The molecule has 1 atom stereocenters. The van der Waals surface area contributed by atoms with Gasteiger partial charge in [0, 0.05) is 50.0 Å². The van der Waals surface area contributed by atoms with Crippen molar-refractivity contribution >= 4 is 50.3 Å². The Hall–Kier alpha value is -3.24. The number of carbonyl (C=O) groups excluding carboxylic acids is 1. The molecule has 0 radical (unpaired) electrons. The molecule has 10 heteroatoms. The van der Waals surface area contributed by atoms with Crippen molar-refractivity contribution in [3.05, 3.63) is 88.9 Å². The Labute approximate surface area is 228 Å². The van der Waals surface area contributed by atoms with E-state index in [4.69, 9.17) is 16.6 Å². The zero-order valence-corrected chi connectivity index (χ0v) is 22.7. The van der Waals surface area contributed by atoms with Gasteiger partial charge in [-0.3, -0.25) is 19.0 Å². The van der Waals surface area contributed by atoms with Crippen LogP contribution in [0, 0.1) is 0 Å². The third-order valence-electron chi connectivity index (χ3n) is 6.81. The molecule has 2 aliphatic heterocycles. The molecule has 1 saturated heterocycles. The van der Waals surface area contributed by atoms with E-state index in [9.17, 15) is 13.2 Å². The van der Waals surface area contributed by atoms with Gasteiger partial charge in [0.15, 0.2) is 0 Å². The van der Waals surface area contributed by atoms with E-state index in [0.29, 0.717) is 40.9 Å². The largest absolute Gasteiger partial charge is 0.325 e. The molecule has 3 aromatic rings. The van der Waals surface area contributed by atoms with Crippen molar-refractivity contribution in [2.45, 2.75) is 5.92 Å². The lowest BCUT2D eigenvalue weighted by Crippen LogP contribution is -2.47. The number of halogens is 1. The van der Waals surface area contributed by atoms with E-state index < -0.39 is 15.9 Å². The highest BCUT2D eigenvalue weighted by Crippen LogP contribution is 2.38. The van der Waals surface area contributed by atoms with Crippen LogP contribution in [0.5, 0.6) is 0 Å². The lowest BCUT2D eigenvalue weighted by atomic mass is 9.90. The number of nitrogens with zero attached hydrogens (tertiary/aromatic N) is 3. The highest BCUT2D eigenvalue weighted by atomic mass is 35.5. The van der Waals surface area contributed by atoms with Gasteiger partial charge in [-0.15, -0.1) is 0 Å². The van der Waals surface area contributed by atoms with Gasteiger partial charge in [-0.1, -0.05) is 48.0 Å². The van der Waals surface area contributed by atoms with Crippen molar-refractivity contribution in [3.63, 3.8) is 0 Å². The fraction of sp³-hybridized carbons (Fsp3) is 0.286. The van der Waals surface area contributed by atoms with Crippen molar-refractivity contribution in [3.8, 4) is 0 Å². The first kappa shape index (κ1) is 26.4. The average Bonchev–Trinajstić information content (AvgIpc) is 3.23. The number of piperazine rings is 1. The van der Waals surface area contributed by atoms with E-state index in [1.807, 2.05) is 36.4 Å². The molecule has 2 aliphatic rings. The smallest absolute Gasteiger partial charge is 0.238 e. The van der Waals surface area contributed by atoms with Crippen LogP contribution in [0.3, 0.4) is 0 Å². The van der Waals surface area contributed by atoms with Gasteiger partial charge < -0.3 is 10.6 Å². The maximum absolute atomic E-state index is 13.1. The monoisotopic (exact) mass is 551 g/mol. The average molecular weight is 552 g/mol. The summed E-state index contributed by atoms with van der Waals surface area (Å²) in [6.07, 6.45) is 1.23. The van der Waals surface area contributed by atoms with E-state index in [0.717, 1.165) is 37.3 Å². The van der Waals surface area contributed by atoms with Gasteiger partial charge in [-0.25, -0.2) is 8.42 Å². The maximum Gasteiger partial charge on any atom is 0.238 e. The van der Waals surface area contributed by atoms with Gasteiger partial charge in [0.05, 0.1) is 23.3 Å². The Balaban J connectivity index is 1.45. The minimum atomic E-state index is -3.46. The summed E-state index contributed by atoms with van der Waals surface area (Å²) in [6.45, 7) is 4.65. The molecule has 2 heterocycles. The number of benzene rings is 3. The summed E-state index contributed by atoms with van der Waals surface area (Å²) >= 11 is 6.15. The van der Waals surface area contributed by atoms with Crippen LogP contribution in [0.15, 0.2) is 77.8 Å². The molecule has 8 nitrogen and oxygen atoms in total. The van der Waals surface area contributed by atoms with Gasteiger partial charge in [0.1, 0.15) is 5.92 Å². The van der Waals surface area contributed by atoms with E-state index >= 15 is 0 Å². The molecular weight excluding hydrogens is 522 g/mol. The second-order valence-corrected chi connectivity index (χ2v) is 11.8. The molecule has 1 amide bonds. The number of nitrogens with one attached hydrogen (secondary N) is 2. The maximum atomic E-state index is 13.1. The summed E-state index contributed by atoms with van der Waals surface area (Å²) in [4.78, 5) is 20.3. The van der Waals surface area contributed by atoms with Crippen LogP contribution in [0.1, 0.15) is 17.0 Å². The van der Waals surface area contributed by atoms with Crippen molar-refractivity contribution in [2.75, 3.05) is 55.1 Å². The summed E-state index contributed by atoms with van der Waals surface area (Å²) in [5.41, 5.74) is 4.14. The molecule has 1 unspecified atom stereocenters. The molecule has 0 aromatic heterocycles. The first-order valence-electron chi connectivity index (χ1n) is 12.5. The summed E-state index contributed by atoms with van der Waals surface area (Å²) < 4.78 is 26.7. The molecule has 198 valence electrons. The minimum absolute atomic E-state index is 0.169. The summed E-state index contributed by atoms with van der Waals surface area (Å²) in [6, 6.07) is 22.1. The van der Waals surface area contributed by atoms with Gasteiger partial charge in [-0.2, -0.15) is 0 Å². The number of hydrogen-bond acceptors (Lipinski definition) is 6. The number of anilines is 2. The third-order valence-corrected chi connectivity index (χ3v) is 8.24. The van der Waals surface area contributed by atoms with Crippen LogP contribution in [-0.4, -0.2) is 70.5 Å². The van der Waals surface area contributed by atoms with Crippen molar-refractivity contribution in [2.24, 2.45) is 4.99 Å². The fourth-order valence-electron chi connectivity index (χ4n) is 4.90. The Morgan fingerprint density at radius 3 is 2.45 bits per heavy atom. The van der Waals surface area contributed by atoms with E-state index in [1.54, 1.807) is 36.4 Å². The number of aliphatic imine (C=N–C) groups is 1. The van der Waals surface area contributed by atoms with Crippen molar-refractivity contribution < 1.29 is 13.2 Å². The van der Waals surface area contributed by atoms with Gasteiger partial charge in [0.2, 0.25) is 15.9 Å². The molecular formula is C28H30ClN5O3S. The molecule has 1 fully saturated rings. The van der Waals surface area contributed by atoms with Crippen LogP contribution in [0.25, 0.3) is 0 Å². The molecule has 0 saturated carbocycles. The molecule has 5 rings (SSSR count). The van der Waals surface area contributed by atoms with Crippen LogP contribution >= 0.6 is 11.6 Å². The predicted molar refractivity (Wildman–Crippen MR) is 153 cm³/mol.